The van der Waals surface area contributed by atoms with Crippen molar-refractivity contribution in [2.24, 2.45) is 5.92 Å². The van der Waals surface area contributed by atoms with E-state index in [-0.39, 0.29) is 11.6 Å². The lowest BCUT2D eigenvalue weighted by atomic mass is 9.99. The highest BCUT2D eigenvalue weighted by molar-refractivity contribution is 5.47. The summed E-state index contributed by atoms with van der Waals surface area (Å²) in [4.78, 5) is 3.90. The number of hydrogen-bond acceptors (Lipinski definition) is 3. The monoisotopic (exact) mass is 271 g/mol. The van der Waals surface area contributed by atoms with E-state index < -0.39 is 11.6 Å². The van der Waals surface area contributed by atoms with Crippen molar-refractivity contribution in [2.45, 2.75) is 39.5 Å². The number of hydrogen-bond donors (Lipinski definition) is 2. The summed E-state index contributed by atoms with van der Waals surface area (Å²) in [7, 11) is 1.56. The van der Waals surface area contributed by atoms with Crippen LogP contribution in [0.4, 0.5) is 20.4 Å². The molecule has 1 aromatic rings. The number of halogens is 2. The quantitative estimate of drug-likeness (QED) is 0.749. The second-order valence-electron chi connectivity index (χ2n) is 4.70. The second-order valence-corrected chi connectivity index (χ2v) is 4.70. The van der Waals surface area contributed by atoms with Crippen LogP contribution in [-0.4, -0.2) is 18.6 Å². The van der Waals surface area contributed by atoms with Crippen LogP contribution in [0.5, 0.6) is 0 Å². The van der Waals surface area contributed by atoms with Crippen LogP contribution in [0.3, 0.4) is 0 Å². The van der Waals surface area contributed by atoms with E-state index in [4.69, 9.17) is 0 Å². The largest absolute Gasteiger partial charge is 0.371 e. The van der Waals surface area contributed by atoms with Crippen LogP contribution >= 0.6 is 0 Å². The number of aromatic nitrogens is 1. The van der Waals surface area contributed by atoms with Gasteiger partial charge in [-0.3, -0.25) is 0 Å². The van der Waals surface area contributed by atoms with Crippen LogP contribution in [0.25, 0.3) is 0 Å². The van der Waals surface area contributed by atoms with E-state index in [0.29, 0.717) is 12.5 Å². The Morgan fingerprint density at radius 3 is 2.47 bits per heavy atom. The van der Waals surface area contributed by atoms with E-state index in [2.05, 4.69) is 29.5 Å². The summed E-state index contributed by atoms with van der Waals surface area (Å²) in [5, 5.41) is 5.59. The fraction of sp³-hybridized carbons (Fsp3) is 0.643. The molecule has 0 aliphatic rings. The molecule has 0 aromatic carbocycles. The zero-order valence-corrected chi connectivity index (χ0v) is 11.9. The van der Waals surface area contributed by atoms with Gasteiger partial charge in [0, 0.05) is 19.7 Å². The summed E-state index contributed by atoms with van der Waals surface area (Å²) >= 11 is 0. The maximum Gasteiger partial charge on any atom is 0.168 e. The van der Waals surface area contributed by atoms with Gasteiger partial charge in [-0.05, 0) is 12.3 Å². The van der Waals surface area contributed by atoms with Crippen molar-refractivity contribution >= 4 is 11.6 Å². The zero-order valence-electron chi connectivity index (χ0n) is 11.9. The third-order valence-electron chi connectivity index (χ3n) is 3.27. The average molecular weight is 271 g/mol. The van der Waals surface area contributed by atoms with Gasteiger partial charge in [0.15, 0.2) is 23.3 Å². The second kappa shape index (κ2) is 7.92. The minimum absolute atomic E-state index is 0.0607. The predicted octanol–water partition coefficient (Wildman–Crippen LogP) is 4.03. The Morgan fingerprint density at radius 1 is 1.21 bits per heavy atom. The van der Waals surface area contributed by atoms with E-state index >= 15 is 0 Å². The van der Waals surface area contributed by atoms with Gasteiger partial charge in [0.05, 0.1) is 0 Å². The fourth-order valence-electron chi connectivity index (χ4n) is 1.95. The Balaban J connectivity index is 2.65. The van der Waals surface area contributed by atoms with Gasteiger partial charge in [-0.2, -0.15) is 0 Å². The third-order valence-corrected chi connectivity index (χ3v) is 3.27. The Morgan fingerprint density at radius 2 is 1.89 bits per heavy atom. The molecule has 108 valence electrons. The first kappa shape index (κ1) is 15.7. The maximum absolute atomic E-state index is 13.6. The third kappa shape index (κ3) is 4.65. The van der Waals surface area contributed by atoms with E-state index in [1.807, 2.05) is 0 Å². The Kier molecular flexibility index (Phi) is 6.53. The summed E-state index contributed by atoms with van der Waals surface area (Å²) < 4.78 is 26.8. The number of anilines is 2. The molecule has 0 saturated carbocycles. The van der Waals surface area contributed by atoms with Gasteiger partial charge < -0.3 is 10.6 Å². The van der Waals surface area contributed by atoms with Crippen molar-refractivity contribution < 1.29 is 8.78 Å². The standard InChI is InChI=1S/C14H23F2N3/c1-4-6-7-10(5-2)9-18-14-12(16)8-11(15)13(17-3)19-14/h8,10H,4-7,9H2,1-3H3,(H2,17,18,19). The topological polar surface area (TPSA) is 37.0 Å². The van der Waals surface area contributed by atoms with Crippen molar-refractivity contribution in [1.29, 1.82) is 0 Å². The van der Waals surface area contributed by atoms with Crippen LogP contribution in [0.2, 0.25) is 0 Å². The highest BCUT2D eigenvalue weighted by Gasteiger charge is 2.12. The molecule has 0 saturated heterocycles. The minimum atomic E-state index is -0.677. The Labute approximate surface area is 113 Å². The lowest BCUT2D eigenvalue weighted by Gasteiger charge is -2.16. The summed E-state index contributed by atoms with van der Waals surface area (Å²) in [6.45, 7) is 4.94. The molecule has 1 heterocycles. The van der Waals surface area contributed by atoms with Crippen LogP contribution in [0, 0.1) is 17.6 Å². The summed E-state index contributed by atoms with van der Waals surface area (Å²) in [5.41, 5.74) is 0. The van der Waals surface area contributed by atoms with Crippen molar-refractivity contribution in [3.05, 3.63) is 17.7 Å². The van der Waals surface area contributed by atoms with Gasteiger partial charge >= 0.3 is 0 Å². The first-order valence-corrected chi connectivity index (χ1v) is 6.90. The molecule has 3 nitrogen and oxygen atoms in total. The number of nitrogens with zero attached hydrogens (tertiary/aromatic N) is 1. The van der Waals surface area contributed by atoms with E-state index in [0.717, 1.165) is 25.3 Å². The number of unbranched alkanes of at least 4 members (excludes halogenated alkanes) is 1. The van der Waals surface area contributed by atoms with Gasteiger partial charge in [0.25, 0.3) is 0 Å². The first-order valence-electron chi connectivity index (χ1n) is 6.90. The SMILES string of the molecule is CCCCC(CC)CNc1nc(NC)c(F)cc1F. The molecule has 1 rings (SSSR count). The minimum Gasteiger partial charge on any atom is -0.371 e. The van der Waals surface area contributed by atoms with Gasteiger partial charge in [0.1, 0.15) is 0 Å². The normalized spacial score (nSPS) is 12.3. The fourth-order valence-corrected chi connectivity index (χ4v) is 1.95. The van der Waals surface area contributed by atoms with Crippen LogP contribution < -0.4 is 10.6 Å². The van der Waals surface area contributed by atoms with E-state index in [1.54, 1.807) is 7.05 Å². The van der Waals surface area contributed by atoms with Gasteiger partial charge in [0.2, 0.25) is 0 Å². The predicted molar refractivity (Wildman–Crippen MR) is 75.5 cm³/mol. The highest BCUT2D eigenvalue weighted by atomic mass is 19.1. The molecule has 0 radical (unpaired) electrons. The molecule has 5 heteroatoms. The summed E-state index contributed by atoms with van der Waals surface area (Å²) in [5.74, 6) is -0.666. The molecule has 0 amide bonds. The van der Waals surface area contributed by atoms with Gasteiger partial charge in [-0.25, -0.2) is 13.8 Å². The lowest BCUT2D eigenvalue weighted by Crippen LogP contribution is -2.16. The number of rotatable bonds is 8. The smallest absolute Gasteiger partial charge is 0.168 e. The Bertz CT molecular complexity index is 397. The summed E-state index contributed by atoms with van der Waals surface area (Å²) in [6.07, 6.45) is 4.47. The first-order chi connectivity index (χ1) is 9.12. The molecule has 19 heavy (non-hydrogen) atoms. The molecular weight excluding hydrogens is 248 g/mol. The molecule has 0 spiro atoms. The maximum atomic E-state index is 13.6. The highest BCUT2D eigenvalue weighted by Crippen LogP contribution is 2.20. The Hall–Kier alpha value is -1.39. The van der Waals surface area contributed by atoms with Crippen LogP contribution in [0.15, 0.2) is 6.07 Å². The van der Waals surface area contributed by atoms with Crippen molar-refractivity contribution in [3.63, 3.8) is 0 Å². The molecule has 0 aliphatic carbocycles. The summed E-state index contributed by atoms with van der Waals surface area (Å²) in [6, 6.07) is 0.855. The average Bonchev–Trinajstić information content (AvgIpc) is 2.41. The van der Waals surface area contributed by atoms with Crippen LogP contribution in [0.1, 0.15) is 39.5 Å². The molecule has 1 atom stereocenters. The molecular formula is C14H23F2N3. The van der Waals surface area contributed by atoms with Gasteiger partial charge in [-0.1, -0.05) is 33.1 Å². The zero-order chi connectivity index (χ0) is 14.3. The van der Waals surface area contributed by atoms with Gasteiger partial charge in [-0.15, -0.1) is 0 Å². The molecule has 1 aromatic heterocycles. The van der Waals surface area contributed by atoms with Crippen molar-refractivity contribution in [3.8, 4) is 0 Å². The lowest BCUT2D eigenvalue weighted by molar-refractivity contribution is 0.470. The number of pyridine rings is 1. The number of nitrogens with one attached hydrogen (secondary N) is 2. The molecule has 2 N–H and O–H groups in total. The van der Waals surface area contributed by atoms with Crippen LogP contribution in [-0.2, 0) is 0 Å². The molecule has 0 fully saturated rings. The van der Waals surface area contributed by atoms with Crippen molar-refractivity contribution in [1.82, 2.24) is 4.98 Å². The van der Waals surface area contributed by atoms with E-state index in [1.165, 1.54) is 6.42 Å². The molecule has 0 bridgehead atoms. The molecule has 0 aliphatic heterocycles. The van der Waals surface area contributed by atoms with E-state index in [9.17, 15) is 8.78 Å². The molecule has 1 unspecified atom stereocenters. The van der Waals surface area contributed by atoms with Crippen molar-refractivity contribution in [2.75, 3.05) is 24.2 Å².